The number of hydrogen-bond donors (Lipinski definition) is 0. The van der Waals surface area contributed by atoms with Crippen molar-refractivity contribution < 1.29 is 4.92 Å². The Morgan fingerprint density at radius 2 is 2.13 bits per heavy atom. The van der Waals surface area contributed by atoms with Crippen LogP contribution in [0.4, 0.5) is 0 Å². The maximum atomic E-state index is 10.2. The Labute approximate surface area is 86.6 Å². The van der Waals surface area contributed by atoms with Crippen LogP contribution in [0.15, 0.2) is 36.7 Å². The summed E-state index contributed by atoms with van der Waals surface area (Å²) in [5.74, 6) is 0. The fourth-order valence-corrected chi connectivity index (χ4v) is 1.65. The van der Waals surface area contributed by atoms with E-state index in [0.717, 1.165) is 22.7 Å². The minimum absolute atomic E-state index is 0.457. The summed E-state index contributed by atoms with van der Waals surface area (Å²) in [6, 6.07) is 7.81. The molecule has 76 valence electrons. The van der Waals surface area contributed by atoms with Crippen LogP contribution in [0.2, 0.25) is 0 Å². The zero-order valence-electron chi connectivity index (χ0n) is 8.25. The van der Waals surface area contributed by atoms with Gasteiger partial charge in [-0.2, -0.15) is 0 Å². The Hall–Kier alpha value is -2.10. The topological polar surface area (TPSA) is 48.1 Å². The standard InChI is InChI=1S/C11H10N2O2/c1-12-8-9(6-7-13(14)15)10-4-2-3-5-11(10)12/h2-8H,1H3. The van der Waals surface area contributed by atoms with Gasteiger partial charge in [0.2, 0.25) is 6.20 Å². The maximum Gasteiger partial charge on any atom is 0.235 e. The molecule has 0 radical (unpaired) electrons. The lowest BCUT2D eigenvalue weighted by molar-refractivity contribution is -0.400. The zero-order valence-corrected chi connectivity index (χ0v) is 8.25. The van der Waals surface area contributed by atoms with Crippen LogP contribution in [-0.2, 0) is 7.05 Å². The first-order valence-electron chi connectivity index (χ1n) is 4.54. The molecule has 0 bridgehead atoms. The first-order chi connectivity index (χ1) is 7.18. The molecule has 0 aliphatic rings. The lowest BCUT2D eigenvalue weighted by Gasteiger charge is -1.92. The highest BCUT2D eigenvalue weighted by Gasteiger charge is 2.03. The number of aryl methyl sites for hydroxylation is 1. The zero-order chi connectivity index (χ0) is 10.8. The molecule has 4 heteroatoms. The molecule has 2 rings (SSSR count). The van der Waals surface area contributed by atoms with Gasteiger partial charge in [0.1, 0.15) is 0 Å². The molecule has 0 N–H and O–H groups in total. The molecule has 15 heavy (non-hydrogen) atoms. The summed E-state index contributed by atoms with van der Waals surface area (Å²) in [6.07, 6.45) is 4.36. The Kier molecular flexibility index (Phi) is 2.25. The van der Waals surface area contributed by atoms with Crippen LogP contribution in [-0.4, -0.2) is 9.49 Å². The molecule has 0 spiro atoms. The van der Waals surface area contributed by atoms with Gasteiger partial charge in [0.05, 0.1) is 4.92 Å². The Morgan fingerprint density at radius 3 is 2.87 bits per heavy atom. The molecular formula is C11H10N2O2. The van der Waals surface area contributed by atoms with E-state index in [1.807, 2.05) is 42.1 Å². The van der Waals surface area contributed by atoms with Crippen LogP contribution in [0.3, 0.4) is 0 Å². The first-order valence-corrected chi connectivity index (χ1v) is 4.54. The van der Waals surface area contributed by atoms with Crippen LogP contribution < -0.4 is 0 Å². The van der Waals surface area contributed by atoms with E-state index >= 15 is 0 Å². The van der Waals surface area contributed by atoms with Crippen molar-refractivity contribution in [2.24, 2.45) is 7.05 Å². The van der Waals surface area contributed by atoms with Crippen molar-refractivity contribution in [2.75, 3.05) is 0 Å². The van der Waals surface area contributed by atoms with E-state index < -0.39 is 4.92 Å². The van der Waals surface area contributed by atoms with Crippen molar-refractivity contribution in [3.63, 3.8) is 0 Å². The van der Waals surface area contributed by atoms with Crippen molar-refractivity contribution >= 4 is 17.0 Å². The van der Waals surface area contributed by atoms with Crippen molar-refractivity contribution in [2.45, 2.75) is 0 Å². The van der Waals surface area contributed by atoms with Gasteiger partial charge in [-0.25, -0.2) is 0 Å². The van der Waals surface area contributed by atoms with Gasteiger partial charge in [0.15, 0.2) is 0 Å². The number of hydrogen-bond acceptors (Lipinski definition) is 2. The molecule has 0 aliphatic carbocycles. The molecule has 1 aromatic heterocycles. The van der Waals surface area contributed by atoms with E-state index in [0.29, 0.717) is 0 Å². The van der Waals surface area contributed by atoms with Crippen LogP contribution in [0.1, 0.15) is 5.56 Å². The van der Waals surface area contributed by atoms with Crippen molar-refractivity contribution in [3.05, 3.63) is 52.3 Å². The molecule has 2 aromatic rings. The van der Waals surface area contributed by atoms with Crippen LogP contribution >= 0.6 is 0 Å². The quantitative estimate of drug-likeness (QED) is 0.554. The Morgan fingerprint density at radius 1 is 1.40 bits per heavy atom. The molecule has 1 heterocycles. The molecule has 4 nitrogen and oxygen atoms in total. The molecular weight excluding hydrogens is 192 g/mol. The van der Waals surface area contributed by atoms with E-state index in [4.69, 9.17) is 0 Å². The van der Waals surface area contributed by atoms with Gasteiger partial charge < -0.3 is 4.57 Å². The third kappa shape index (κ3) is 1.74. The number of fused-ring (bicyclic) bond motifs is 1. The third-order valence-corrected chi connectivity index (χ3v) is 2.30. The molecule has 0 saturated heterocycles. The SMILES string of the molecule is Cn1cc(C=C[N+](=O)[O-])c2ccccc21. The highest BCUT2D eigenvalue weighted by Crippen LogP contribution is 2.21. The molecule has 0 fully saturated rings. The van der Waals surface area contributed by atoms with E-state index in [1.54, 1.807) is 0 Å². The van der Waals surface area contributed by atoms with E-state index in [2.05, 4.69) is 0 Å². The predicted molar refractivity (Wildman–Crippen MR) is 58.9 cm³/mol. The van der Waals surface area contributed by atoms with E-state index in [1.165, 1.54) is 6.08 Å². The van der Waals surface area contributed by atoms with Gasteiger partial charge >= 0.3 is 0 Å². The van der Waals surface area contributed by atoms with E-state index in [-0.39, 0.29) is 0 Å². The van der Waals surface area contributed by atoms with Crippen molar-refractivity contribution in [1.29, 1.82) is 0 Å². The minimum Gasteiger partial charge on any atom is -0.350 e. The Bertz CT molecular complexity index is 541. The summed E-state index contributed by atoms with van der Waals surface area (Å²) < 4.78 is 1.95. The number of para-hydroxylation sites is 1. The second-order valence-corrected chi connectivity index (χ2v) is 3.31. The van der Waals surface area contributed by atoms with Crippen molar-refractivity contribution in [1.82, 2.24) is 4.57 Å². The van der Waals surface area contributed by atoms with Crippen molar-refractivity contribution in [3.8, 4) is 0 Å². The largest absolute Gasteiger partial charge is 0.350 e. The summed E-state index contributed by atoms with van der Waals surface area (Å²) in [7, 11) is 1.92. The third-order valence-electron chi connectivity index (χ3n) is 2.30. The average molecular weight is 202 g/mol. The highest BCUT2D eigenvalue weighted by molar-refractivity contribution is 5.89. The van der Waals surface area contributed by atoms with Gasteiger partial charge in [0, 0.05) is 35.8 Å². The lowest BCUT2D eigenvalue weighted by atomic mass is 10.2. The minimum atomic E-state index is -0.457. The second kappa shape index (κ2) is 3.57. The lowest BCUT2D eigenvalue weighted by Crippen LogP contribution is -1.82. The highest BCUT2D eigenvalue weighted by atomic mass is 16.6. The van der Waals surface area contributed by atoms with E-state index in [9.17, 15) is 10.1 Å². The van der Waals surface area contributed by atoms with Gasteiger partial charge in [0.25, 0.3) is 0 Å². The van der Waals surface area contributed by atoms with Gasteiger partial charge in [-0.1, -0.05) is 18.2 Å². The van der Waals surface area contributed by atoms with Gasteiger partial charge in [-0.05, 0) is 6.07 Å². The monoisotopic (exact) mass is 202 g/mol. The number of nitro groups is 1. The number of benzene rings is 1. The average Bonchev–Trinajstić information content (AvgIpc) is 2.54. The summed E-state index contributed by atoms with van der Waals surface area (Å²) in [5.41, 5.74) is 1.94. The maximum absolute atomic E-state index is 10.2. The summed E-state index contributed by atoms with van der Waals surface area (Å²) in [4.78, 5) is 9.77. The van der Waals surface area contributed by atoms with Crippen LogP contribution in [0.25, 0.3) is 17.0 Å². The second-order valence-electron chi connectivity index (χ2n) is 3.31. The fourth-order valence-electron chi connectivity index (χ4n) is 1.65. The summed E-state index contributed by atoms with van der Waals surface area (Å²) in [6.45, 7) is 0. The molecule has 0 atom stereocenters. The predicted octanol–water partition coefficient (Wildman–Crippen LogP) is 2.43. The molecule has 0 aliphatic heterocycles. The summed E-state index contributed by atoms with van der Waals surface area (Å²) >= 11 is 0. The molecule has 0 amide bonds. The molecule has 0 saturated carbocycles. The van der Waals surface area contributed by atoms with Gasteiger partial charge in [-0.3, -0.25) is 10.1 Å². The van der Waals surface area contributed by atoms with Crippen LogP contribution in [0.5, 0.6) is 0 Å². The fraction of sp³-hybridized carbons (Fsp3) is 0.0909. The number of aromatic nitrogens is 1. The smallest absolute Gasteiger partial charge is 0.235 e. The molecule has 0 unspecified atom stereocenters. The normalized spacial score (nSPS) is 11.3. The number of nitrogens with zero attached hydrogens (tertiary/aromatic N) is 2. The number of rotatable bonds is 2. The van der Waals surface area contributed by atoms with Gasteiger partial charge in [-0.15, -0.1) is 0 Å². The Balaban J connectivity index is 2.57. The molecule has 1 aromatic carbocycles. The first kappa shape index (κ1) is 9.45. The summed E-state index contributed by atoms with van der Waals surface area (Å²) in [5, 5.41) is 11.3. The van der Waals surface area contributed by atoms with Crippen LogP contribution in [0, 0.1) is 10.1 Å².